The third-order valence-electron chi connectivity index (χ3n) is 3.85. The number of ether oxygens (including phenoxy) is 1. The topological polar surface area (TPSA) is 93.8 Å². The Morgan fingerprint density at radius 3 is 2.67 bits per heavy atom. The van der Waals surface area contributed by atoms with Crippen molar-refractivity contribution >= 4 is 17.8 Å². The molecule has 0 atom stereocenters. The Kier molecular flexibility index (Phi) is 7.96. The lowest BCUT2D eigenvalue weighted by atomic mass is 10.2. The van der Waals surface area contributed by atoms with Gasteiger partial charge in [-0.05, 0) is 42.3 Å². The lowest BCUT2D eigenvalue weighted by molar-refractivity contribution is -0.384. The minimum atomic E-state index is -0.548. The number of hydrazone groups is 1. The first-order valence-corrected chi connectivity index (χ1v) is 8.91. The summed E-state index contributed by atoms with van der Waals surface area (Å²) in [5.41, 5.74) is 3.19. The summed E-state index contributed by atoms with van der Waals surface area (Å²) in [6.45, 7) is 2.87. The molecule has 7 heteroatoms. The Morgan fingerprint density at radius 2 is 1.96 bits per heavy atom. The van der Waals surface area contributed by atoms with Crippen LogP contribution in [0.1, 0.15) is 48.5 Å². The largest absolute Gasteiger partial charge is 0.494 e. The van der Waals surface area contributed by atoms with Gasteiger partial charge in [0.15, 0.2) is 0 Å². The first-order chi connectivity index (χ1) is 13.1. The summed E-state index contributed by atoms with van der Waals surface area (Å²) >= 11 is 0. The zero-order valence-corrected chi connectivity index (χ0v) is 15.3. The SMILES string of the molecule is CCCCCCOc1ccc(/C=N/NC(=O)c2cccc([N+](=O)[O-])c2)cc1. The lowest BCUT2D eigenvalue weighted by Gasteiger charge is -2.06. The van der Waals surface area contributed by atoms with Gasteiger partial charge in [-0.15, -0.1) is 0 Å². The van der Waals surface area contributed by atoms with Gasteiger partial charge in [0.2, 0.25) is 0 Å². The molecule has 0 radical (unpaired) electrons. The van der Waals surface area contributed by atoms with Crippen LogP contribution in [0.3, 0.4) is 0 Å². The molecular weight excluding hydrogens is 346 g/mol. The van der Waals surface area contributed by atoms with Crippen LogP contribution in [0.2, 0.25) is 0 Å². The molecule has 7 nitrogen and oxygen atoms in total. The van der Waals surface area contributed by atoms with Gasteiger partial charge in [0, 0.05) is 17.7 Å². The van der Waals surface area contributed by atoms with Crippen molar-refractivity contribution in [3.63, 3.8) is 0 Å². The van der Waals surface area contributed by atoms with Crippen molar-refractivity contribution in [2.24, 2.45) is 5.10 Å². The molecule has 1 N–H and O–H groups in total. The Bertz CT molecular complexity index is 788. The molecule has 27 heavy (non-hydrogen) atoms. The fourth-order valence-electron chi connectivity index (χ4n) is 2.36. The van der Waals surface area contributed by atoms with E-state index >= 15 is 0 Å². The van der Waals surface area contributed by atoms with Crippen LogP contribution in [0.25, 0.3) is 0 Å². The summed E-state index contributed by atoms with van der Waals surface area (Å²) in [5, 5.41) is 14.6. The summed E-state index contributed by atoms with van der Waals surface area (Å²) in [4.78, 5) is 22.2. The molecule has 0 aromatic heterocycles. The fourth-order valence-corrected chi connectivity index (χ4v) is 2.36. The van der Waals surface area contributed by atoms with E-state index in [0.29, 0.717) is 6.61 Å². The second-order valence-corrected chi connectivity index (χ2v) is 5.98. The number of hydrogen-bond donors (Lipinski definition) is 1. The van der Waals surface area contributed by atoms with Gasteiger partial charge in [0.05, 0.1) is 17.7 Å². The summed E-state index contributed by atoms with van der Waals surface area (Å²) in [5.74, 6) is 0.284. The van der Waals surface area contributed by atoms with Crippen molar-refractivity contribution < 1.29 is 14.5 Å². The van der Waals surface area contributed by atoms with E-state index < -0.39 is 10.8 Å². The number of non-ortho nitro benzene ring substituents is 1. The van der Waals surface area contributed by atoms with E-state index in [4.69, 9.17) is 4.74 Å². The van der Waals surface area contributed by atoms with Gasteiger partial charge in [0.25, 0.3) is 11.6 Å². The average molecular weight is 369 g/mol. The van der Waals surface area contributed by atoms with Crippen LogP contribution in [0.4, 0.5) is 5.69 Å². The van der Waals surface area contributed by atoms with Crippen LogP contribution in [0.5, 0.6) is 5.75 Å². The van der Waals surface area contributed by atoms with Gasteiger partial charge >= 0.3 is 0 Å². The van der Waals surface area contributed by atoms with Crippen molar-refractivity contribution in [3.8, 4) is 5.75 Å². The molecule has 0 unspecified atom stereocenters. The highest BCUT2D eigenvalue weighted by Crippen LogP contribution is 2.13. The number of unbranched alkanes of at least 4 members (excludes halogenated alkanes) is 3. The van der Waals surface area contributed by atoms with Crippen LogP contribution in [0, 0.1) is 10.1 Å². The van der Waals surface area contributed by atoms with Gasteiger partial charge < -0.3 is 4.74 Å². The monoisotopic (exact) mass is 369 g/mol. The maximum absolute atomic E-state index is 12.0. The summed E-state index contributed by atoms with van der Waals surface area (Å²) < 4.78 is 5.67. The quantitative estimate of drug-likeness (QED) is 0.292. The zero-order chi connectivity index (χ0) is 19.5. The number of benzene rings is 2. The zero-order valence-electron chi connectivity index (χ0n) is 15.3. The van der Waals surface area contributed by atoms with Crippen LogP contribution in [-0.2, 0) is 0 Å². The van der Waals surface area contributed by atoms with E-state index in [1.807, 2.05) is 24.3 Å². The van der Waals surface area contributed by atoms with E-state index in [0.717, 1.165) is 17.7 Å². The lowest BCUT2D eigenvalue weighted by Crippen LogP contribution is -2.17. The van der Waals surface area contributed by atoms with Crippen molar-refractivity contribution in [3.05, 3.63) is 69.8 Å². The first-order valence-electron chi connectivity index (χ1n) is 8.91. The van der Waals surface area contributed by atoms with Gasteiger partial charge in [0.1, 0.15) is 5.75 Å². The average Bonchev–Trinajstić information content (AvgIpc) is 2.69. The van der Waals surface area contributed by atoms with Gasteiger partial charge in [-0.1, -0.05) is 32.3 Å². The maximum Gasteiger partial charge on any atom is 0.271 e. The second-order valence-electron chi connectivity index (χ2n) is 5.98. The fraction of sp³-hybridized carbons (Fsp3) is 0.300. The highest BCUT2D eigenvalue weighted by atomic mass is 16.6. The Labute approximate surface area is 158 Å². The molecule has 0 bridgehead atoms. The summed E-state index contributed by atoms with van der Waals surface area (Å²) in [6.07, 6.45) is 6.14. The molecule has 1 amide bonds. The molecular formula is C20H23N3O4. The number of nitrogens with one attached hydrogen (secondary N) is 1. The van der Waals surface area contributed by atoms with Crippen LogP contribution >= 0.6 is 0 Å². The summed E-state index contributed by atoms with van der Waals surface area (Å²) in [6, 6.07) is 12.9. The highest BCUT2D eigenvalue weighted by Gasteiger charge is 2.10. The molecule has 0 heterocycles. The molecule has 0 aliphatic heterocycles. The van der Waals surface area contributed by atoms with Gasteiger partial charge in [-0.25, -0.2) is 5.43 Å². The van der Waals surface area contributed by atoms with Gasteiger partial charge in [-0.2, -0.15) is 5.10 Å². The Hall–Kier alpha value is -3.22. The number of nitro groups is 1. The van der Waals surface area contributed by atoms with E-state index in [9.17, 15) is 14.9 Å². The third kappa shape index (κ3) is 6.89. The Balaban J connectivity index is 1.82. The van der Waals surface area contributed by atoms with Crippen LogP contribution in [0.15, 0.2) is 53.6 Å². The third-order valence-corrected chi connectivity index (χ3v) is 3.85. The molecule has 0 aliphatic rings. The van der Waals surface area contributed by atoms with E-state index in [-0.39, 0.29) is 11.3 Å². The molecule has 0 aliphatic carbocycles. The van der Waals surface area contributed by atoms with Crippen molar-refractivity contribution in [2.75, 3.05) is 6.61 Å². The molecule has 0 spiro atoms. The van der Waals surface area contributed by atoms with E-state index in [1.165, 1.54) is 49.7 Å². The van der Waals surface area contributed by atoms with Crippen molar-refractivity contribution in [1.82, 2.24) is 5.43 Å². The first kappa shape index (κ1) is 20.1. The van der Waals surface area contributed by atoms with E-state index in [1.54, 1.807) is 0 Å². The van der Waals surface area contributed by atoms with Crippen LogP contribution < -0.4 is 10.2 Å². The number of carbonyl (C=O) groups excluding carboxylic acids is 1. The number of rotatable bonds is 10. The number of nitro benzene ring substituents is 1. The molecule has 2 aromatic carbocycles. The second kappa shape index (κ2) is 10.7. The predicted molar refractivity (Wildman–Crippen MR) is 104 cm³/mol. The predicted octanol–water partition coefficient (Wildman–Crippen LogP) is 4.32. The van der Waals surface area contributed by atoms with E-state index in [2.05, 4.69) is 17.5 Å². The van der Waals surface area contributed by atoms with Crippen molar-refractivity contribution in [2.45, 2.75) is 32.6 Å². The summed E-state index contributed by atoms with van der Waals surface area (Å²) in [7, 11) is 0. The number of nitrogens with zero attached hydrogens (tertiary/aromatic N) is 2. The maximum atomic E-state index is 12.0. The molecule has 0 fully saturated rings. The van der Waals surface area contributed by atoms with Crippen LogP contribution in [-0.4, -0.2) is 23.7 Å². The smallest absolute Gasteiger partial charge is 0.271 e. The number of hydrogen-bond acceptors (Lipinski definition) is 5. The minimum absolute atomic E-state index is 0.142. The standard InChI is InChI=1S/C20H23N3O4/c1-2-3-4-5-13-27-19-11-9-16(10-12-19)15-21-22-20(24)17-7-6-8-18(14-17)23(25)26/h6-12,14-15H,2-5,13H2,1H3,(H,22,24)/b21-15+. The van der Waals surface area contributed by atoms with Crippen molar-refractivity contribution in [1.29, 1.82) is 0 Å². The molecule has 2 rings (SSSR count). The van der Waals surface area contributed by atoms with Gasteiger partial charge in [-0.3, -0.25) is 14.9 Å². The Morgan fingerprint density at radius 1 is 1.19 bits per heavy atom. The number of carbonyl (C=O) groups is 1. The number of amides is 1. The normalized spacial score (nSPS) is 10.7. The minimum Gasteiger partial charge on any atom is -0.494 e. The molecule has 2 aromatic rings. The molecule has 0 saturated carbocycles. The molecule has 142 valence electrons. The molecule has 0 saturated heterocycles. The highest BCUT2D eigenvalue weighted by molar-refractivity contribution is 5.95.